The van der Waals surface area contributed by atoms with Crippen LogP contribution in [0, 0.1) is 11.8 Å². The predicted octanol–water partition coefficient (Wildman–Crippen LogP) is 1.05. The Morgan fingerprint density at radius 1 is 1.10 bits per heavy atom. The monoisotopic (exact) mass is 329 g/mol. The van der Waals surface area contributed by atoms with E-state index in [4.69, 9.17) is 11.6 Å². The van der Waals surface area contributed by atoms with Crippen LogP contribution in [-0.2, 0) is 24.3 Å². The number of benzene rings is 1. The number of sulfonamides is 1. The number of ether oxygens (including phenoxy) is 1. The van der Waals surface area contributed by atoms with E-state index in [-0.39, 0.29) is 18.0 Å². The molecule has 8 heteroatoms. The van der Waals surface area contributed by atoms with Crippen molar-refractivity contribution in [1.29, 1.82) is 0 Å². The van der Waals surface area contributed by atoms with Crippen molar-refractivity contribution in [3.63, 3.8) is 0 Å². The Labute approximate surface area is 126 Å². The lowest BCUT2D eigenvalue weighted by Gasteiger charge is -2.30. The number of carbonyl (C=O) groups excluding carboxylic acids is 2. The standard InChI is InChI=1S/C13H12ClNO5S/c14-8-1-3-9(4-2-8)21(18,19)15-6-5-10-11(7-15)13(17)20-12(10)16/h1-4,10-11H,5-7H2. The molecule has 2 saturated heterocycles. The van der Waals surface area contributed by atoms with Crippen molar-refractivity contribution in [3.05, 3.63) is 29.3 Å². The Bertz CT molecular complexity index is 700. The molecule has 1 aromatic rings. The molecule has 3 rings (SSSR count). The lowest BCUT2D eigenvalue weighted by atomic mass is 9.89. The van der Waals surface area contributed by atoms with Crippen molar-refractivity contribution in [2.75, 3.05) is 13.1 Å². The van der Waals surface area contributed by atoms with Crippen molar-refractivity contribution in [1.82, 2.24) is 4.31 Å². The van der Waals surface area contributed by atoms with Crippen molar-refractivity contribution in [3.8, 4) is 0 Å². The Morgan fingerprint density at radius 2 is 1.71 bits per heavy atom. The Kier molecular flexibility index (Phi) is 3.51. The topological polar surface area (TPSA) is 80.8 Å². The summed E-state index contributed by atoms with van der Waals surface area (Å²) in [5.41, 5.74) is 0. The number of carbonyl (C=O) groups is 2. The van der Waals surface area contributed by atoms with Gasteiger partial charge < -0.3 is 4.74 Å². The number of nitrogens with zero attached hydrogens (tertiary/aromatic N) is 1. The van der Waals surface area contributed by atoms with E-state index in [1.54, 1.807) is 0 Å². The molecule has 2 atom stereocenters. The number of cyclic esters (lactones) is 2. The van der Waals surface area contributed by atoms with E-state index in [1.807, 2.05) is 0 Å². The van der Waals surface area contributed by atoms with Gasteiger partial charge in [0.15, 0.2) is 0 Å². The highest BCUT2D eigenvalue weighted by atomic mass is 35.5. The highest BCUT2D eigenvalue weighted by Crippen LogP contribution is 2.34. The van der Waals surface area contributed by atoms with Crippen LogP contribution in [0.3, 0.4) is 0 Å². The molecule has 0 N–H and O–H groups in total. The van der Waals surface area contributed by atoms with Gasteiger partial charge in [0.2, 0.25) is 10.0 Å². The zero-order valence-corrected chi connectivity index (χ0v) is 12.4. The third kappa shape index (κ3) is 2.45. The molecule has 0 radical (unpaired) electrons. The van der Waals surface area contributed by atoms with Crippen molar-refractivity contribution in [2.24, 2.45) is 11.8 Å². The second-order valence-electron chi connectivity index (χ2n) is 5.06. The van der Waals surface area contributed by atoms with Gasteiger partial charge in [0.05, 0.1) is 16.7 Å². The van der Waals surface area contributed by atoms with E-state index in [0.717, 1.165) is 0 Å². The number of halogens is 1. The van der Waals surface area contributed by atoms with E-state index in [0.29, 0.717) is 11.4 Å². The van der Waals surface area contributed by atoms with Gasteiger partial charge >= 0.3 is 11.9 Å². The largest absolute Gasteiger partial charge is 0.393 e. The molecule has 2 aliphatic rings. The third-order valence-electron chi connectivity index (χ3n) is 3.83. The van der Waals surface area contributed by atoms with Crippen LogP contribution < -0.4 is 0 Å². The van der Waals surface area contributed by atoms with Crippen LogP contribution in [0.5, 0.6) is 0 Å². The first-order chi connectivity index (χ1) is 9.89. The number of hydrogen-bond donors (Lipinski definition) is 0. The van der Waals surface area contributed by atoms with E-state index >= 15 is 0 Å². The van der Waals surface area contributed by atoms with Gasteiger partial charge in [-0.25, -0.2) is 8.42 Å². The summed E-state index contributed by atoms with van der Waals surface area (Å²) >= 11 is 5.75. The lowest BCUT2D eigenvalue weighted by molar-refractivity contribution is -0.153. The molecule has 21 heavy (non-hydrogen) atoms. The van der Waals surface area contributed by atoms with Crippen LogP contribution in [0.1, 0.15) is 6.42 Å². The summed E-state index contributed by atoms with van der Waals surface area (Å²) in [6, 6.07) is 5.83. The SMILES string of the molecule is O=C1OC(=O)C2CN(S(=O)(=O)c3ccc(Cl)cc3)CCC12. The fourth-order valence-corrected chi connectivity index (χ4v) is 4.27. The minimum Gasteiger partial charge on any atom is -0.393 e. The first-order valence-electron chi connectivity index (χ1n) is 6.41. The van der Waals surface area contributed by atoms with Gasteiger partial charge in [0.25, 0.3) is 0 Å². The van der Waals surface area contributed by atoms with Crippen LogP contribution in [0.2, 0.25) is 5.02 Å². The first kappa shape index (κ1) is 14.5. The molecule has 2 unspecified atom stereocenters. The van der Waals surface area contributed by atoms with Gasteiger partial charge in [-0.1, -0.05) is 11.6 Å². The van der Waals surface area contributed by atoms with Gasteiger partial charge in [-0.05, 0) is 30.7 Å². The molecule has 1 aromatic carbocycles. The van der Waals surface area contributed by atoms with E-state index in [2.05, 4.69) is 4.74 Å². The molecule has 6 nitrogen and oxygen atoms in total. The Hall–Kier alpha value is -1.44. The van der Waals surface area contributed by atoms with E-state index < -0.39 is 33.8 Å². The Balaban J connectivity index is 1.86. The minimum atomic E-state index is -3.70. The summed E-state index contributed by atoms with van der Waals surface area (Å²) in [4.78, 5) is 23.2. The molecule has 0 aromatic heterocycles. The predicted molar refractivity (Wildman–Crippen MR) is 72.9 cm³/mol. The van der Waals surface area contributed by atoms with Gasteiger partial charge in [-0.2, -0.15) is 4.31 Å². The number of rotatable bonds is 2. The van der Waals surface area contributed by atoms with Crippen LogP contribution in [0.15, 0.2) is 29.2 Å². The molecule has 2 fully saturated rings. The lowest BCUT2D eigenvalue weighted by Crippen LogP contribution is -2.44. The summed E-state index contributed by atoms with van der Waals surface area (Å²) in [5, 5.41) is 0.442. The summed E-state index contributed by atoms with van der Waals surface area (Å²) in [5.74, 6) is -2.41. The fourth-order valence-electron chi connectivity index (χ4n) is 2.67. The maximum Gasteiger partial charge on any atom is 0.318 e. The van der Waals surface area contributed by atoms with Gasteiger partial charge in [-0.3, -0.25) is 9.59 Å². The van der Waals surface area contributed by atoms with E-state index in [1.165, 1.54) is 28.6 Å². The van der Waals surface area contributed by atoms with Crippen LogP contribution in [0.25, 0.3) is 0 Å². The normalized spacial score (nSPS) is 26.5. The summed E-state index contributed by atoms with van der Waals surface area (Å²) < 4.78 is 30.8. The minimum absolute atomic E-state index is 0.0276. The van der Waals surface area contributed by atoms with Crippen LogP contribution in [-0.4, -0.2) is 37.8 Å². The van der Waals surface area contributed by atoms with E-state index in [9.17, 15) is 18.0 Å². The van der Waals surface area contributed by atoms with Gasteiger partial charge in [-0.15, -0.1) is 0 Å². The molecular formula is C13H12ClNO5S. The summed E-state index contributed by atoms with van der Waals surface area (Å²) in [6.45, 7) is 0.161. The van der Waals surface area contributed by atoms with Crippen molar-refractivity contribution >= 4 is 33.6 Å². The molecule has 0 aliphatic carbocycles. The molecule has 0 saturated carbocycles. The zero-order valence-electron chi connectivity index (χ0n) is 10.9. The average Bonchev–Trinajstić information content (AvgIpc) is 2.74. The number of esters is 2. The van der Waals surface area contributed by atoms with Crippen LogP contribution >= 0.6 is 11.6 Å². The molecular weight excluding hydrogens is 318 g/mol. The average molecular weight is 330 g/mol. The highest BCUT2D eigenvalue weighted by molar-refractivity contribution is 7.89. The zero-order chi connectivity index (χ0) is 15.2. The molecule has 0 bridgehead atoms. The molecule has 112 valence electrons. The fraction of sp³-hybridized carbons (Fsp3) is 0.385. The third-order valence-corrected chi connectivity index (χ3v) is 5.96. The van der Waals surface area contributed by atoms with Crippen LogP contribution in [0.4, 0.5) is 0 Å². The molecule has 0 spiro atoms. The summed E-state index contributed by atoms with van der Waals surface area (Å²) in [7, 11) is -3.70. The number of piperidine rings is 1. The molecule has 0 amide bonds. The second-order valence-corrected chi connectivity index (χ2v) is 7.43. The first-order valence-corrected chi connectivity index (χ1v) is 8.22. The number of fused-ring (bicyclic) bond motifs is 1. The summed E-state index contributed by atoms with van der Waals surface area (Å²) in [6.07, 6.45) is 0.294. The molecule has 2 aliphatic heterocycles. The maximum absolute atomic E-state index is 12.5. The van der Waals surface area contributed by atoms with Gasteiger partial charge in [0, 0.05) is 18.1 Å². The number of hydrogen-bond acceptors (Lipinski definition) is 5. The Morgan fingerprint density at radius 3 is 2.38 bits per heavy atom. The van der Waals surface area contributed by atoms with Crippen molar-refractivity contribution in [2.45, 2.75) is 11.3 Å². The van der Waals surface area contributed by atoms with Crippen molar-refractivity contribution < 1.29 is 22.7 Å². The van der Waals surface area contributed by atoms with Gasteiger partial charge in [0.1, 0.15) is 0 Å². The molecule has 2 heterocycles. The quantitative estimate of drug-likeness (QED) is 0.598. The second kappa shape index (κ2) is 5.08. The maximum atomic E-state index is 12.5. The highest BCUT2D eigenvalue weighted by Gasteiger charge is 2.49. The smallest absolute Gasteiger partial charge is 0.318 e.